The van der Waals surface area contributed by atoms with Crippen LogP contribution in [-0.4, -0.2) is 57.1 Å². The van der Waals surface area contributed by atoms with Gasteiger partial charge in [0.25, 0.3) is 0 Å². The molecule has 2 aromatic carbocycles. The lowest BCUT2D eigenvalue weighted by Crippen LogP contribution is -2.10. The minimum Gasteiger partial charge on any atom is -0.496 e. The molecule has 0 heterocycles. The third-order valence-corrected chi connectivity index (χ3v) is 5.32. The van der Waals surface area contributed by atoms with Gasteiger partial charge in [-0.2, -0.15) is 0 Å². The van der Waals surface area contributed by atoms with E-state index in [1.807, 2.05) is 6.07 Å². The van der Waals surface area contributed by atoms with Crippen molar-refractivity contribution in [3.63, 3.8) is 0 Å². The number of carboxylic acids is 1. The average Bonchev–Trinajstić information content (AvgIpc) is 2.72. The molecule has 0 aliphatic carbocycles. The Bertz CT molecular complexity index is 891. The number of esters is 1. The molecular weight excluding hydrogens is 388 g/mol. The third-order valence-electron chi connectivity index (χ3n) is 3.53. The Morgan fingerprint density at radius 1 is 1.04 bits per heavy atom. The quantitative estimate of drug-likeness (QED) is 0.664. The van der Waals surface area contributed by atoms with Gasteiger partial charge in [0, 0.05) is 6.61 Å². The summed E-state index contributed by atoms with van der Waals surface area (Å²) in [5, 5.41) is 17.6. The van der Waals surface area contributed by atoms with Gasteiger partial charge in [-0.3, -0.25) is 0 Å². The zero-order chi connectivity index (χ0) is 21.2. The molecule has 0 saturated carbocycles. The molecule has 2 aromatic rings. The van der Waals surface area contributed by atoms with Crippen molar-refractivity contribution < 1.29 is 37.7 Å². The first-order valence-corrected chi connectivity index (χ1v) is 9.80. The van der Waals surface area contributed by atoms with Crippen LogP contribution in [-0.2, 0) is 14.6 Å². The van der Waals surface area contributed by atoms with E-state index in [1.165, 1.54) is 26.4 Å². The number of carbonyl (C=O) groups excluding carboxylic acids is 1. The number of aromatic carboxylic acids is 1. The topological polar surface area (TPSA) is 127 Å². The number of ether oxygens (including phenoxy) is 2. The molecule has 0 aromatic heterocycles. The van der Waals surface area contributed by atoms with Gasteiger partial charge in [-0.05, 0) is 36.8 Å². The van der Waals surface area contributed by atoms with E-state index in [2.05, 4.69) is 4.74 Å². The van der Waals surface area contributed by atoms with Crippen molar-refractivity contribution in [1.82, 2.24) is 0 Å². The molecule has 0 aliphatic heterocycles. The number of rotatable bonds is 7. The van der Waals surface area contributed by atoms with E-state index in [0.29, 0.717) is 5.56 Å². The van der Waals surface area contributed by atoms with Gasteiger partial charge in [-0.1, -0.05) is 18.2 Å². The Hall–Kier alpha value is -2.91. The molecule has 0 amide bonds. The molecule has 28 heavy (non-hydrogen) atoms. The van der Waals surface area contributed by atoms with Gasteiger partial charge in [-0.25, -0.2) is 18.0 Å². The second-order valence-electron chi connectivity index (χ2n) is 5.42. The molecule has 0 bridgehead atoms. The number of methoxy groups -OCH3 is 2. The summed E-state index contributed by atoms with van der Waals surface area (Å²) < 4.78 is 33.0. The molecular formula is C19H22O8S. The highest BCUT2D eigenvalue weighted by atomic mass is 32.2. The van der Waals surface area contributed by atoms with Crippen molar-refractivity contribution in [2.24, 2.45) is 0 Å². The standard InChI is InChI=1S/C11H14O6S.C8H8O2/c1-17-10-4-3-8(7-9(10)11(13)14)18(15,16)6-2-5-12;1-10-8(9)7-5-3-2-4-6-7/h3-4,7,12H,2,5-6H2,1H3,(H,13,14);2-6H,1H3. The van der Waals surface area contributed by atoms with Crippen molar-refractivity contribution in [2.75, 3.05) is 26.6 Å². The molecule has 152 valence electrons. The minimum absolute atomic E-state index is 0.0887. The Kier molecular flexibility index (Phi) is 9.13. The van der Waals surface area contributed by atoms with Crippen molar-refractivity contribution in [3.05, 3.63) is 59.7 Å². The predicted octanol–water partition coefficient (Wildman–Crippen LogP) is 2.02. The van der Waals surface area contributed by atoms with Crippen LogP contribution in [0.4, 0.5) is 0 Å². The number of sulfone groups is 1. The lowest BCUT2D eigenvalue weighted by Gasteiger charge is -2.08. The summed E-state index contributed by atoms with van der Waals surface area (Å²) in [7, 11) is -0.905. The highest BCUT2D eigenvalue weighted by Crippen LogP contribution is 2.23. The van der Waals surface area contributed by atoms with Crippen LogP contribution in [0.25, 0.3) is 0 Å². The number of hydrogen-bond donors (Lipinski definition) is 2. The molecule has 0 spiro atoms. The number of benzene rings is 2. The molecule has 2 rings (SSSR count). The summed E-state index contributed by atoms with van der Waals surface area (Å²) in [6.45, 7) is -0.235. The van der Waals surface area contributed by atoms with E-state index >= 15 is 0 Å². The summed E-state index contributed by atoms with van der Waals surface area (Å²) in [6, 6.07) is 12.5. The Labute approximate surface area is 163 Å². The number of aliphatic hydroxyl groups is 1. The second kappa shape index (κ2) is 11.1. The van der Waals surface area contributed by atoms with Crippen molar-refractivity contribution in [1.29, 1.82) is 0 Å². The smallest absolute Gasteiger partial charge is 0.339 e. The van der Waals surface area contributed by atoms with E-state index in [4.69, 9.17) is 14.9 Å². The van der Waals surface area contributed by atoms with Gasteiger partial charge in [0.05, 0.1) is 30.4 Å². The highest BCUT2D eigenvalue weighted by Gasteiger charge is 2.19. The van der Waals surface area contributed by atoms with Crippen molar-refractivity contribution >= 4 is 21.8 Å². The Morgan fingerprint density at radius 2 is 1.68 bits per heavy atom. The van der Waals surface area contributed by atoms with Crippen molar-refractivity contribution in [3.8, 4) is 5.75 Å². The first-order chi connectivity index (χ1) is 13.3. The van der Waals surface area contributed by atoms with Crippen LogP contribution in [0.2, 0.25) is 0 Å². The van der Waals surface area contributed by atoms with Crippen molar-refractivity contribution in [2.45, 2.75) is 11.3 Å². The van der Waals surface area contributed by atoms with Gasteiger partial charge in [0.2, 0.25) is 0 Å². The summed E-state index contributed by atoms with van der Waals surface area (Å²) in [4.78, 5) is 21.7. The van der Waals surface area contributed by atoms with Crippen LogP contribution in [0.15, 0.2) is 53.4 Å². The first kappa shape index (κ1) is 23.1. The first-order valence-electron chi connectivity index (χ1n) is 8.15. The van der Waals surface area contributed by atoms with E-state index in [9.17, 15) is 18.0 Å². The number of hydrogen-bond acceptors (Lipinski definition) is 7. The molecule has 0 aliphatic rings. The molecule has 9 heteroatoms. The van der Waals surface area contributed by atoms with Crippen LogP contribution < -0.4 is 4.74 Å². The summed E-state index contributed by atoms with van der Waals surface area (Å²) in [5.74, 6) is -1.68. The van der Waals surface area contributed by atoms with E-state index < -0.39 is 15.8 Å². The zero-order valence-electron chi connectivity index (χ0n) is 15.5. The summed E-state index contributed by atoms with van der Waals surface area (Å²) >= 11 is 0. The SMILES string of the molecule is COC(=O)c1ccccc1.COc1ccc(S(=O)(=O)CCCO)cc1C(=O)O. The fraction of sp³-hybridized carbons (Fsp3) is 0.263. The average molecular weight is 410 g/mol. The highest BCUT2D eigenvalue weighted by molar-refractivity contribution is 7.91. The summed E-state index contributed by atoms with van der Waals surface area (Å²) in [5.41, 5.74) is 0.382. The lowest BCUT2D eigenvalue weighted by atomic mass is 10.2. The number of carboxylic acid groups (broad SMARTS) is 1. The molecule has 2 N–H and O–H groups in total. The van der Waals surface area contributed by atoms with E-state index in [1.54, 1.807) is 24.3 Å². The normalized spacial score (nSPS) is 10.4. The van der Waals surface area contributed by atoms with Crippen LogP contribution >= 0.6 is 0 Å². The molecule has 0 unspecified atom stereocenters. The Morgan fingerprint density at radius 3 is 2.18 bits per heavy atom. The molecule has 8 nitrogen and oxygen atoms in total. The van der Waals surface area contributed by atoms with E-state index in [0.717, 1.165) is 6.07 Å². The molecule has 0 saturated heterocycles. The van der Waals surface area contributed by atoms with Crippen LogP contribution in [0.1, 0.15) is 27.1 Å². The maximum atomic E-state index is 11.8. The largest absolute Gasteiger partial charge is 0.496 e. The summed E-state index contributed by atoms with van der Waals surface area (Å²) in [6.07, 6.45) is 0.108. The molecule has 0 fully saturated rings. The second-order valence-corrected chi connectivity index (χ2v) is 7.53. The zero-order valence-corrected chi connectivity index (χ0v) is 16.3. The maximum Gasteiger partial charge on any atom is 0.339 e. The van der Waals surface area contributed by atoms with Crippen LogP contribution in [0, 0.1) is 0 Å². The van der Waals surface area contributed by atoms with Crippen LogP contribution in [0.5, 0.6) is 5.75 Å². The van der Waals surface area contributed by atoms with Gasteiger partial charge in [0.1, 0.15) is 11.3 Å². The van der Waals surface area contributed by atoms with Gasteiger partial charge in [0.15, 0.2) is 9.84 Å². The fourth-order valence-electron chi connectivity index (χ4n) is 2.11. The predicted molar refractivity (Wildman–Crippen MR) is 101 cm³/mol. The van der Waals surface area contributed by atoms with Gasteiger partial charge < -0.3 is 19.7 Å². The van der Waals surface area contributed by atoms with Gasteiger partial charge >= 0.3 is 11.9 Å². The number of carbonyl (C=O) groups is 2. The van der Waals surface area contributed by atoms with E-state index in [-0.39, 0.29) is 41.0 Å². The third kappa shape index (κ3) is 6.67. The molecule has 0 radical (unpaired) electrons. The maximum absolute atomic E-state index is 11.8. The fourth-order valence-corrected chi connectivity index (χ4v) is 3.43. The lowest BCUT2D eigenvalue weighted by molar-refractivity contribution is 0.0599. The van der Waals surface area contributed by atoms with Crippen LogP contribution in [0.3, 0.4) is 0 Å². The molecule has 0 atom stereocenters. The minimum atomic E-state index is -3.58. The Balaban J connectivity index is 0.000000330. The monoisotopic (exact) mass is 410 g/mol. The number of aliphatic hydroxyl groups excluding tert-OH is 1. The van der Waals surface area contributed by atoms with Gasteiger partial charge in [-0.15, -0.1) is 0 Å².